The molecule has 3 N–H and O–H groups in total. The van der Waals surface area contributed by atoms with Gasteiger partial charge in [-0.3, -0.25) is 10.3 Å². The van der Waals surface area contributed by atoms with Gasteiger partial charge in [-0.25, -0.2) is 13.9 Å². The zero-order valence-corrected chi connectivity index (χ0v) is 19.6. The van der Waals surface area contributed by atoms with Gasteiger partial charge < -0.3 is 15.2 Å². The Morgan fingerprint density at radius 2 is 1.74 bits per heavy atom. The Hall–Kier alpha value is -4.24. The summed E-state index contributed by atoms with van der Waals surface area (Å²) < 4.78 is 21.8. The second-order valence-corrected chi connectivity index (χ2v) is 8.71. The molecule has 2 aromatic carbocycles. The van der Waals surface area contributed by atoms with Crippen LogP contribution < -0.4 is 15.4 Å². The number of amides is 2. The second kappa shape index (κ2) is 9.94. The molecule has 0 unspecified atom stereocenters. The molecule has 4 aromatic rings. The molecule has 0 atom stereocenters. The van der Waals surface area contributed by atoms with Crippen LogP contribution >= 0.6 is 0 Å². The van der Waals surface area contributed by atoms with Gasteiger partial charge in [-0.15, -0.1) is 0 Å². The van der Waals surface area contributed by atoms with Gasteiger partial charge in [0, 0.05) is 29.9 Å². The van der Waals surface area contributed by atoms with Gasteiger partial charge in [0.2, 0.25) is 0 Å². The predicted octanol–water partition coefficient (Wildman–Crippen LogP) is 5.42. The third-order valence-electron chi connectivity index (χ3n) is 5.39. The van der Waals surface area contributed by atoms with Crippen LogP contribution in [0.25, 0.3) is 5.69 Å². The van der Waals surface area contributed by atoms with E-state index in [2.05, 4.69) is 20.7 Å². The van der Waals surface area contributed by atoms with Crippen molar-refractivity contribution >= 4 is 17.5 Å². The lowest BCUT2D eigenvalue weighted by molar-refractivity contribution is 0.215. The highest BCUT2D eigenvalue weighted by molar-refractivity contribution is 5.99. The van der Waals surface area contributed by atoms with Crippen molar-refractivity contribution in [3.05, 3.63) is 90.1 Å². The van der Waals surface area contributed by atoms with Crippen molar-refractivity contribution in [2.24, 2.45) is 0 Å². The van der Waals surface area contributed by atoms with Crippen molar-refractivity contribution in [3.8, 4) is 17.2 Å². The summed E-state index contributed by atoms with van der Waals surface area (Å²) in [5.74, 6) is 0.526. The molecule has 0 bridgehead atoms. The number of nitrogens with one attached hydrogen (secondary N) is 2. The molecule has 2 aromatic heterocycles. The Kier molecular flexibility index (Phi) is 6.79. The number of nitrogens with zero attached hydrogens (tertiary/aromatic N) is 3. The Morgan fingerprint density at radius 1 is 1.03 bits per heavy atom. The van der Waals surface area contributed by atoms with E-state index in [1.807, 2.05) is 45.0 Å². The van der Waals surface area contributed by atoms with Crippen LogP contribution in [-0.2, 0) is 5.41 Å². The van der Waals surface area contributed by atoms with Gasteiger partial charge in [-0.1, -0.05) is 31.5 Å². The number of aliphatic hydroxyl groups excluding tert-OH is 1. The number of hydrogen-bond acceptors (Lipinski definition) is 5. The summed E-state index contributed by atoms with van der Waals surface area (Å²) in [7, 11) is 0. The minimum absolute atomic E-state index is 0.0121. The van der Waals surface area contributed by atoms with Crippen molar-refractivity contribution in [2.75, 3.05) is 17.2 Å². The van der Waals surface area contributed by atoms with Crippen LogP contribution in [0.15, 0.2) is 73.1 Å². The Balaban J connectivity index is 1.54. The molecule has 180 valence electrons. The maximum atomic E-state index is 14.7. The number of benzene rings is 2. The van der Waals surface area contributed by atoms with E-state index in [1.54, 1.807) is 41.3 Å². The SMILES string of the molecule is Cc1ccc(-n2nc(C(C)(C)CO)cc2NC(=O)Nc2ccc(Oc3ccncc3)cc2F)cc1. The lowest BCUT2D eigenvalue weighted by Gasteiger charge is -2.18. The predicted molar refractivity (Wildman–Crippen MR) is 132 cm³/mol. The van der Waals surface area contributed by atoms with E-state index in [0.717, 1.165) is 11.3 Å². The maximum Gasteiger partial charge on any atom is 0.324 e. The smallest absolute Gasteiger partial charge is 0.324 e. The molecule has 0 aliphatic rings. The zero-order chi connectivity index (χ0) is 25.0. The average Bonchev–Trinajstić information content (AvgIpc) is 3.26. The largest absolute Gasteiger partial charge is 0.457 e. The highest BCUT2D eigenvalue weighted by atomic mass is 19.1. The summed E-state index contributed by atoms with van der Waals surface area (Å²) in [6.07, 6.45) is 3.14. The molecule has 0 spiro atoms. The topological polar surface area (TPSA) is 101 Å². The second-order valence-electron chi connectivity index (χ2n) is 8.71. The number of halogens is 1. The summed E-state index contributed by atoms with van der Waals surface area (Å²) in [6.45, 7) is 5.55. The van der Waals surface area contributed by atoms with E-state index >= 15 is 0 Å². The molecule has 35 heavy (non-hydrogen) atoms. The molecule has 4 rings (SSSR count). The highest BCUT2D eigenvalue weighted by Crippen LogP contribution is 2.28. The minimum Gasteiger partial charge on any atom is -0.457 e. The van der Waals surface area contributed by atoms with E-state index in [-0.39, 0.29) is 18.0 Å². The monoisotopic (exact) mass is 475 g/mol. The molecular formula is C26H26FN5O3. The van der Waals surface area contributed by atoms with Gasteiger partial charge in [0.1, 0.15) is 23.1 Å². The molecule has 2 heterocycles. The number of pyridine rings is 1. The first-order valence-corrected chi connectivity index (χ1v) is 11.0. The van der Waals surface area contributed by atoms with Crippen LogP contribution in [0.1, 0.15) is 25.1 Å². The number of hydrogen-bond donors (Lipinski definition) is 3. The number of carbonyl (C=O) groups is 1. The van der Waals surface area contributed by atoms with Gasteiger partial charge in [-0.2, -0.15) is 5.10 Å². The van der Waals surface area contributed by atoms with Gasteiger partial charge in [0.15, 0.2) is 0 Å². The number of aliphatic hydroxyl groups is 1. The van der Waals surface area contributed by atoms with Crippen LogP contribution in [0.4, 0.5) is 20.7 Å². The average molecular weight is 476 g/mol. The van der Waals surface area contributed by atoms with Crippen LogP contribution in [0, 0.1) is 12.7 Å². The summed E-state index contributed by atoms with van der Waals surface area (Å²) in [4.78, 5) is 16.7. The molecular weight excluding hydrogens is 449 g/mol. The van der Waals surface area contributed by atoms with E-state index in [9.17, 15) is 14.3 Å². The van der Waals surface area contributed by atoms with E-state index < -0.39 is 17.3 Å². The number of aryl methyl sites for hydroxylation is 1. The Bertz CT molecular complexity index is 1320. The molecule has 0 fully saturated rings. The summed E-state index contributed by atoms with van der Waals surface area (Å²) in [5.41, 5.74) is 1.77. The Labute approximate surface area is 202 Å². The van der Waals surface area contributed by atoms with Crippen LogP contribution in [0.5, 0.6) is 11.5 Å². The summed E-state index contributed by atoms with van der Waals surface area (Å²) in [5, 5.41) is 19.6. The van der Waals surface area contributed by atoms with Crippen molar-refractivity contribution in [3.63, 3.8) is 0 Å². The first-order chi connectivity index (χ1) is 16.7. The first-order valence-electron chi connectivity index (χ1n) is 11.0. The molecule has 0 saturated carbocycles. The molecule has 2 amide bonds. The third kappa shape index (κ3) is 5.64. The van der Waals surface area contributed by atoms with Crippen LogP contribution in [0.3, 0.4) is 0 Å². The van der Waals surface area contributed by atoms with Crippen molar-refractivity contribution in [1.29, 1.82) is 0 Å². The molecule has 0 aliphatic carbocycles. The van der Waals surface area contributed by atoms with Crippen molar-refractivity contribution < 1.29 is 19.0 Å². The van der Waals surface area contributed by atoms with Crippen molar-refractivity contribution in [2.45, 2.75) is 26.2 Å². The quantitative estimate of drug-likeness (QED) is 0.331. The van der Waals surface area contributed by atoms with Gasteiger partial charge in [-0.05, 0) is 43.3 Å². The lowest BCUT2D eigenvalue weighted by atomic mass is 9.91. The number of aromatic nitrogens is 3. The van der Waals surface area contributed by atoms with Gasteiger partial charge in [0.05, 0.1) is 23.7 Å². The summed E-state index contributed by atoms with van der Waals surface area (Å²) >= 11 is 0. The number of ether oxygens (including phenoxy) is 1. The highest BCUT2D eigenvalue weighted by Gasteiger charge is 2.25. The van der Waals surface area contributed by atoms with Crippen LogP contribution in [0.2, 0.25) is 0 Å². The number of anilines is 2. The first kappa shape index (κ1) is 23.9. The fraction of sp³-hybridized carbons (Fsp3) is 0.192. The van der Waals surface area contributed by atoms with Gasteiger partial charge in [0.25, 0.3) is 0 Å². The number of urea groups is 1. The molecule has 0 radical (unpaired) electrons. The number of rotatable bonds is 7. The molecule has 8 nitrogen and oxygen atoms in total. The molecule has 0 aliphatic heterocycles. The Morgan fingerprint density at radius 3 is 2.40 bits per heavy atom. The maximum absolute atomic E-state index is 14.7. The normalized spacial score (nSPS) is 11.2. The fourth-order valence-corrected chi connectivity index (χ4v) is 3.24. The minimum atomic E-state index is -0.652. The van der Waals surface area contributed by atoms with Crippen molar-refractivity contribution in [1.82, 2.24) is 14.8 Å². The molecule has 9 heteroatoms. The lowest BCUT2D eigenvalue weighted by Crippen LogP contribution is -2.22. The van der Waals surface area contributed by atoms with E-state index in [4.69, 9.17) is 4.74 Å². The number of carbonyl (C=O) groups excluding carboxylic acids is 1. The summed E-state index contributed by atoms with van der Waals surface area (Å²) in [6, 6.07) is 16.1. The third-order valence-corrected chi connectivity index (χ3v) is 5.39. The standard InChI is InChI=1S/C26H26FN5O3/c1-17-4-6-18(7-5-17)32-24(15-23(31-32)26(2,3)16-33)30-25(34)29-22-9-8-20(14-21(22)27)35-19-10-12-28-13-11-19/h4-15,33H,16H2,1-3H3,(H2,29,30,34). The van der Waals surface area contributed by atoms with Crippen LogP contribution in [-0.4, -0.2) is 32.5 Å². The zero-order valence-electron chi connectivity index (χ0n) is 19.6. The fourth-order valence-electron chi connectivity index (χ4n) is 3.24. The van der Waals surface area contributed by atoms with Gasteiger partial charge >= 0.3 is 6.03 Å². The van der Waals surface area contributed by atoms with E-state index in [1.165, 1.54) is 12.1 Å². The van der Waals surface area contributed by atoms with E-state index in [0.29, 0.717) is 17.3 Å². The molecule has 0 saturated heterocycles.